The quantitative estimate of drug-likeness (QED) is 0.885. The molecule has 2 atom stereocenters. The van der Waals surface area contributed by atoms with Crippen molar-refractivity contribution in [3.63, 3.8) is 0 Å². The lowest BCUT2D eigenvalue weighted by Crippen LogP contribution is -2.35. The Hall–Kier alpha value is -1.95. The maximum absolute atomic E-state index is 12.1. The fourth-order valence-corrected chi connectivity index (χ4v) is 2.80. The third-order valence-corrected chi connectivity index (χ3v) is 4.62. The second kappa shape index (κ2) is 7.17. The summed E-state index contributed by atoms with van der Waals surface area (Å²) in [5.41, 5.74) is 1.62. The Bertz CT molecular complexity index is 625. The van der Waals surface area contributed by atoms with Gasteiger partial charge < -0.3 is 9.84 Å². The number of aryl methyl sites for hydroxylation is 1. The van der Waals surface area contributed by atoms with Gasteiger partial charge in [-0.05, 0) is 19.4 Å². The van der Waals surface area contributed by atoms with Gasteiger partial charge in [0.25, 0.3) is 0 Å². The zero-order valence-electron chi connectivity index (χ0n) is 12.0. The number of aromatic nitrogens is 1. The molecule has 0 saturated heterocycles. The van der Waals surface area contributed by atoms with Gasteiger partial charge in [0.2, 0.25) is 5.91 Å². The van der Waals surface area contributed by atoms with Gasteiger partial charge in [-0.25, -0.2) is 0 Å². The van der Waals surface area contributed by atoms with Gasteiger partial charge in [0, 0.05) is 23.4 Å². The van der Waals surface area contributed by atoms with Crippen molar-refractivity contribution in [3.05, 3.63) is 53.4 Å². The molecule has 1 aromatic carbocycles. The molecule has 0 spiro atoms. The fraction of sp³-hybridized carbons (Fsp3) is 0.333. The topological polar surface area (TPSA) is 72.2 Å². The molecule has 2 aromatic rings. The molecule has 0 radical (unpaired) electrons. The number of benzene rings is 1. The molecule has 5 nitrogen and oxygen atoms in total. The zero-order chi connectivity index (χ0) is 15.2. The van der Waals surface area contributed by atoms with Crippen LogP contribution in [-0.4, -0.2) is 20.5 Å². The summed E-state index contributed by atoms with van der Waals surface area (Å²) in [5, 5.41) is 5.99. The highest BCUT2D eigenvalue weighted by molar-refractivity contribution is 7.85. The van der Waals surface area contributed by atoms with Crippen LogP contribution in [0, 0.1) is 6.92 Å². The van der Waals surface area contributed by atoms with E-state index in [0.29, 0.717) is 18.0 Å². The molecule has 1 N–H and O–H groups in total. The Morgan fingerprint density at radius 1 is 1.38 bits per heavy atom. The molecule has 21 heavy (non-hydrogen) atoms. The third-order valence-electron chi connectivity index (χ3n) is 3.04. The molecular formula is C15H18N2O3S. The number of carbonyl (C=O) groups is 1. The monoisotopic (exact) mass is 306 g/mol. The predicted octanol–water partition coefficient (Wildman–Crippen LogP) is 1.94. The molecule has 0 aliphatic heterocycles. The van der Waals surface area contributed by atoms with Crippen molar-refractivity contribution in [2.45, 2.75) is 31.4 Å². The molecular weight excluding hydrogens is 288 g/mol. The van der Waals surface area contributed by atoms with Crippen LogP contribution in [0.15, 0.2) is 40.9 Å². The van der Waals surface area contributed by atoms with Crippen molar-refractivity contribution in [3.8, 4) is 0 Å². The fourth-order valence-electron chi connectivity index (χ4n) is 1.80. The minimum atomic E-state index is -1.32. The van der Waals surface area contributed by atoms with Crippen LogP contribution in [0.4, 0.5) is 0 Å². The molecule has 6 heteroatoms. The van der Waals surface area contributed by atoms with Crippen molar-refractivity contribution < 1.29 is 13.5 Å². The first-order valence-electron chi connectivity index (χ1n) is 6.67. The third kappa shape index (κ3) is 4.53. The van der Waals surface area contributed by atoms with Crippen molar-refractivity contribution >= 4 is 16.7 Å². The van der Waals surface area contributed by atoms with Crippen molar-refractivity contribution in [1.29, 1.82) is 0 Å². The van der Waals surface area contributed by atoms with Gasteiger partial charge in [-0.2, -0.15) is 0 Å². The Kier molecular flexibility index (Phi) is 5.27. The number of rotatable bonds is 6. The first-order chi connectivity index (χ1) is 10.1. The minimum absolute atomic E-state index is 0.220. The summed E-state index contributed by atoms with van der Waals surface area (Å²) in [6.45, 7) is 3.86. The summed E-state index contributed by atoms with van der Waals surface area (Å²) in [7, 11) is -1.32. The van der Waals surface area contributed by atoms with Crippen LogP contribution in [-0.2, 0) is 27.9 Å². The van der Waals surface area contributed by atoms with Gasteiger partial charge in [-0.15, -0.1) is 0 Å². The summed E-state index contributed by atoms with van der Waals surface area (Å²) in [6, 6.07) is 11.3. The predicted molar refractivity (Wildman–Crippen MR) is 80.8 cm³/mol. The van der Waals surface area contributed by atoms with Crippen molar-refractivity contribution in [1.82, 2.24) is 10.5 Å². The summed E-state index contributed by atoms with van der Waals surface area (Å²) in [6.07, 6.45) is 0. The molecule has 2 rings (SSSR count). The van der Waals surface area contributed by atoms with Gasteiger partial charge in [0.05, 0.1) is 11.4 Å². The highest BCUT2D eigenvalue weighted by Crippen LogP contribution is 2.08. The van der Waals surface area contributed by atoms with E-state index in [1.807, 2.05) is 30.3 Å². The Labute approximate surface area is 126 Å². The lowest BCUT2D eigenvalue weighted by atomic mass is 10.2. The number of hydrogen-bond acceptors (Lipinski definition) is 4. The highest BCUT2D eigenvalue weighted by Gasteiger charge is 2.21. The first-order valence-corrected chi connectivity index (χ1v) is 8.05. The molecule has 1 aromatic heterocycles. The van der Waals surface area contributed by atoms with Gasteiger partial charge >= 0.3 is 0 Å². The van der Waals surface area contributed by atoms with Crippen LogP contribution in [0.3, 0.4) is 0 Å². The molecule has 112 valence electrons. The molecule has 0 fully saturated rings. The second-order valence-corrected chi connectivity index (χ2v) is 6.56. The van der Waals surface area contributed by atoms with E-state index >= 15 is 0 Å². The number of hydrogen-bond donors (Lipinski definition) is 1. The molecule has 1 amide bonds. The zero-order valence-corrected chi connectivity index (χ0v) is 12.9. The van der Waals surface area contributed by atoms with Crippen LogP contribution in [0.5, 0.6) is 0 Å². The average molecular weight is 306 g/mol. The minimum Gasteiger partial charge on any atom is -0.361 e. The van der Waals surface area contributed by atoms with Gasteiger partial charge in [-0.1, -0.05) is 35.5 Å². The van der Waals surface area contributed by atoms with E-state index in [1.165, 1.54) is 0 Å². The van der Waals surface area contributed by atoms with E-state index in [1.54, 1.807) is 19.9 Å². The molecule has 0 aliphatic rings. The van der Waals surface area contributed by atoms with Crippen LogP contribution in [0.2, 0.25) is 0 Å². The Morgan fingerprint density at radius 2 is 2.10 bits per heavy atom. The number of carbonyl (C=O) groups excluding carboxylic acids is 1. The summed E-state index contributed by atoms with van der Waals surface area (Å²) in [5.74, 6) is 0.664. The largest absolute Gasteiger partial charge is 0.361 e. The molecule has 2 unspecified atom stereocenters. The number of nitrogens with zero attached hydrogens (tertiary/aromatic N) is 1. The van der Waals surface area contributed by atoms with E-state index < -0.39 is 16.0 Å². The van der Waals surface area contributed by atoms with Gasteiger partial charge in [0.1, 0.15) is 11.0 Å². The molecule has 1 heterocycles. The molecule has 0 bridgehead atoms. The van der Waals surface area contributed by atoms with E-state index in [2.05, 4.69) is 10.5 Å². The molecule has 0 saturated carbocycles. The lowest BCUT2D eigenvalue weighted by molar-refractivity contribution is -0.120. The van der Waals surface area contributed by atoms with Gasteiger partial charge in [0.15, 0.2) is 0 Å². The maximum Gasteiger partial charge on any atom is 0.235 e. The van der Waals surface area contributed by atoms with Crippen LogP contribution in [0.25, 0.3) is 0 Å². The van der Waals surface area contributed by atoms with Crippen molar-refractivity contribution in [2.24, 2.45) is 0 Å². The van der Waals surface area contributed by atoms with Crippen LogP contribution in [0.1, 0.15) is 23.9 Å². The number of nitrogens with one attached hydrogen (secondary N) is 1. The average Bonchev–Trinajstić information content (AvgIpc) is 2.90. The summed E-state index contributed by atoms with van der Waals surface area (Å²) in [4.78, 5) is 12.0. The summed E-state index contributed by atoms with van der Waals surface area (Å²) < 4.78 is 17.1. The molecule has 0 aliphatic carbocycles. The Balaban J connectivity index is 1.85. The van der Waals surface area contributed by atoms with Crippen LogP contribution < -0.4 is 5.32 Å². The van der Waals surface area contributed by atoms with E-state index in [-0.39, 0.29) is 11.7 Å². The normalized spacial score (nSPS) is 13.6. The second-order valence-electron chi connectivity index (χ2n) is 4.80. The summed E-state index contributed by atoms with van der Waals surface area (Å²) >= 11 is 0. The van der Waals surface area contributed by atoms with E-state index in [0.717, 1.165) is 5.56 Å². The Morgan fingerprint density at radius 3 is 2.71 bits per heavy atom. The standard InChI is InChI=1S/C15H18N2O3S/c1-11-8-14(17-20-11)10-21(19)12(2)15(18)16-9-13-6-4-3-5-7-13/h3-8,12H,9-10H2,1-2H3,(H,16,18). The van der Waals surface area contributed by atoms with Gasteiger partial charge in [-0.3, -0.25) is 9.00 Å². The number of amides is 1. The smallest absolute Gasteiger partial charge is 0.235 e. The first kappa shape index (κ1) is 15.4. The van der Waals surface area contributed by atoms with Crippen LogP contribution >= 0.6 is 0 Å². The lowest BCUT2D eigenvalue weighted by Gasteiger charge is -2.11. The van der Waals surface area contributed by atoms with E-state index in [4.69, 9.17) is 4.52 Å². The van der Waals surface area contributed by atoms with E-state index in [9.17, 15) is 9.00 Å². The SMILES string of the molecule is Cc1cc(CS(=O)C(C)C(=O)NCc2ccccc2)no1. The highest BCUT2D eigenvalue weighted by atomic mass is 32.2. The maximum atomic E-state index is 12.1. The van der Waals surface area contributed by atoms with Crippen molar-refractivity contribution in [2.75, 3.05) is 0 Å².